The number of benzene rings is 1. The maximum absolute atomic E-state index is 4.32. The van der Waals surface area contributed by atoms with Gasteiger partial charge in [-0.3, -0.25) is 15.0 Å². The standard InChI is InChI=1S/C12H10N2.2C10H8N4.6C9H7N5/c1-8-4-5-11-10(7-8)9-3-2-6-13-12(9)14-11;1-14-8-2-3-11-4-7(8)10-9(14)5-12-6-13-10;1-14-7-3-2-4-12-9(7)10-8(14)5-11-6-13-10;1-14-6-2-10-4-12-8(6)9-7(14)3-11-5-13-9;1-14-7-3-11-4-12-8(7)6-2-10-5-13-9(6)14;1-14-8-6(10-2-4-12-8)7-9(14)13-5-3-11-7;2*1-14-6-4-10-5-13-7(6)8-9(14)12-3-2-11-8;1-14-8-6(4-10-5-13-8)7-9(14)12-3-2-11-7/h2-7H,1H3,(H,13,14);2*2-6H,1H3;6*2-5H,1H3. The van der Waals surface area contributed by atoms with Crippen LogP contribution in [0, 0.1) is 6.92 Å². The summed E-state index contributed by atoms with van der Waals surface area (Å²) in [4.78, 5) is 132. The molecule has 612 valence electrons. The van der Waals surface area contributed by atoms with E-state index in [0.29, 0.717) is 0 Å². The fourth-order valence-electron chi connectivity index (χ4n) is 15.0. The van der Waals surface area contributed by atoms with Crippen LogP contribution >= 0.6 is 0 Å². The lowest BCUT2D eigenvalue weighted by Crippen LogP contribution is -1.91. The average Bonchev–Trinajstić information content (AvgIpc) is 1.64. The van der Waals surface area contributed by atoms with Crippen molar-refractivity contribution in [3.8, 4) is 0 Å². The third-order valence-electron chi connectivity index (χ3n) is 21.1. The van der Waals surface area contributed by atoms with Crippen LogP contribution in [0.1, 0.15) is 5.56 Å². The minimum atomic E-state index is 0.804. The van der Waals surface area contributed by atoms with Crippen LogP contribution in [0.25, 0.3) is 199 Å². The highest BCUT2D eigenvalue weighted by Gasteiger charge is 2.18. The van der Waals surface area contributed by atoms with Crippen molar-refractivity contribution in [1.82, 2.24) is 196 Å². The summed E-state index contributed by atoms with van der Waals surface area (Å²) in [5.74, 6) is 0. The van der Waals surface area contributed by atoms with E-state index in [1.165, 1.54) is 60.6 Å². The summed E-state index contributed by atoms with van der Waals surface area (Å²) in [5.41, 5.74) is 29.7. The molecule has 1 N–H and O–H groups in total. The first-order chi connectivity index (χ1) is 61.9. The molecule has 0 aliphatic rings. The third kappa shape index (κ3) is 14.3. The Hall–Kier alpha value is -18.0. The Kier molecular flexibility index (Phi) is 20.8. The number of aryl methyl sites for hydroxylation is 9. The smallest absolute Gasteiger partial charge is 0.162 e. The minimum absolute atomic E-state index is 0.804. The molecule has 40 nitrogen and oxygen atoms in total. The number of aromatic amines is 1. The lowest BCUT2D eigenvalue weighted by atomic mass is 10.1. The number of hydrogen-bond acceptors (Lipinski definition) is 31. The van der Waals surface area contributed by atoms with Crippen molar-refractivity contribution in [2.45, 2.75) is 6.92 Å². The minimum Gasteiger partial charge on any atom is -0.341 e. The predicted molar refractivity (Wildman–Crippen MR) is 476 cm³/mol. The number of aromatic nitrogens is 40. The Bertz CT molecular complexity index is 6930. The Morgan fingerprint density at radius 1 is 0.198 bits per heavy atom. The molecular weight excluding hydrogens is 1590 g/mol. The number of rotatable bonds is 0. The second kappa shape index (κ2) is 33.7. The van der Waals surface area contributed by atoms with E-state index < -0.39 is 0 Å². The molecule has 0 unspecified atom stereocenters. The maximum atomic E-state index is 4.32. The van der Waals surface area contributed by atoms with Crippen molar-refractivity contribution in [2.24, 2.45) is 56.4 Å². The average molecular weight is 1660 g/mol. The van der Waals surface area contributed by atoms with Crippen LogP contribution in [0.2, 0.25) is 0 Å². The first-order valence-corrected chi connectivity index (χ1v) is 38.8. The number of pyridine rings is 3. The molecule has 0 radical (unpaired) electrons. The monoisotopic (exact) mass is 1660 g/mol. The number of hydrogen-bond donors (Lipinski definition) is 1. The van der Waals surface area contributed by atoms with Crippen molar-refractivity contribution in [1.29, 1.82) is 0 Å². The van der Waals surface area contributed by atoms with Gasteiger partial charge in [-0.1, -0.05) is 11.6 Å². The van der Waals surface area contributed by atoms with Gasteiger partial charge in [0.25, 0.3) is 0 Å². The number of H-pyrrole nitrogens is 1. The summed E-state index contributed by atoms with van der Waals surface area (Å²) in [6, 6.07) is 16.4. The third-order valence-corrected chi connectivity index (χ3v) is 21.1. The van der Waals surface area contributed by atoms with Crippen molar-refractivity contribution < 1.29 is 0 Å². The van der Waals surface area contributed by atoms with Crippen LogP contribution in [-0.4, -0.2) is 196 Å². The lowest BCUT2D eigenvalue weighted by molar-refractivity contribution is 0.960. The van der Waals surface area contributed by atoms with Gasteiger partial charge >= 0.3 is 0 Å². The molecule has 1 aromatic carbocycles. The molecule has 0 aliphatic carbocycles. The zero-order chi connectivity index (χ0) is 85.9. The van der Waals surface area contributed by atoms with Crippen molar-refractivity contribution in [3.63, 3.8) is 0 Å². The molecule has 0 spiro atoms. The molecule has 27 aromatic rings. The second-order valence-corrected chi connectivity index (χ2v) is 28.3. The number of nitrogens with zero attached hydrogens (tertiary/aromatic N) is 39. The highest BCUT2D eigenvalue weighted by Crippen LogP contribution is 2.31. The first kappa shape index (κ1) is 77.9. The van der Waals surface area contributed by atoms with Gasteiger partial charge in [0, 0.05) is 177 Å². The molecule has 0 saturated carbocycles. The molecule has 27 rings (SSSR count). The molecular formula is C86H68N40. The van der Waals surface area contributed by atoms with Gasteiger partial charge in [-0.25, -0.2) is 140 Å². The molecule has 126 heavy (non-hydrogen) atoms. The molecule has 26 aromatic heterocycles. The molecule has 0 amide bonds. The molecule has 0 fully saturated rings. The van der Waals surface area contributed by atoms with Gasteiger partial charge in [-0.05, 0) is 49.4 Å². The van der Waals surface area contributed by atoms with Gasteiger partial charge in [-0.2, -0.15) is 0 Å². The van der Waals surface area contributed by atoms with Crippen LogP contribution in [-0.2, 0) is 56.4 Å². The SMILES string of the molecule is Cc1ccc2[nH]c3ncccc3c2c1.Cn1c2cccnc2c2ncncc21.Cn1c2ccncc2c2ncncc21.Cn1c2cncnc2c2cncnc21.Cn1c2cncnc2c2nccnc21.Cn1c2cncnc2c2nccnc21.Cn1c2cncnc2c2ncncc21.Cn1c2nccnc2c2nccnc21.Cn1c2ncncc2c2nccnc21. The Labute approximate surface area is 708 Å². The molecule has 0 saturated heterocycles. The van der Waals surface area contributed by atoms with Crippen molar-refractivity contribution >= 4 is 199 Å². The number of fused-ring (bicyclic) bond motifs is 27. The van der Waals surface area contributed by atoms with Crippen LogP contribution in [0.15, 0.2) is 248 Å². The fraction of sp³-hybridized carbons (Fsp3) is 0.105. The Morgan fingerprint density at radius 3 is 1.02 bits per heavy atom. The zero-order valence-corrected chi connectivity index (χ0v) is 68.5. The summed E-state index contributed by atoms with van der Waals surface area (Å²) < 4.78 is 15.8. The second-order valence-electron chi connectivity index (χ2n) is 28.3. The largest absolute Gasteiger partial charge is 0.341 e. The van der Waals surface area contributed by atoms with Crippen LogP contribution in [0.4, 0.5) is 0 Å². The maximum Gasteiger partial charge on any atom is 0.162 e. The summed E-state index contributed by atoms with van der Waals surface area (Å²) in [6.07, 6.45) is 53.8. The lowest BCUT2D eigenvalue weighted by Gasteiger charge is -1.94. The van der Waals surface area contributed by atoms with Crippen LogP contribution in [0.3, 0.4) is 0 Å². The molecule has 0 atom stereocenters. The van der Waals surface area contributed by atoms with E-state index in [4.69, 9.17) is 0 Å². The summed E-state index contributed by atoms with van der Waals surface area (Å²) in [5, 5.41) is 5.44. The molecule has 26 heterocycles. The highest BCUT2D eigenvalue weighted by molar-refractivity contribution is 6.09. The van der Waals surface area contributed by atoms with E-state index in [0.717, 1.165) is 188 Å². The van der Waals surface area contributed by atoms with Crippen molar-refractivity contribution in [3.05, 3.63) is 254 Å². The summed E-state index contributed by atoms with van der Waals surface area (Å²) in [6.45, 7) is 2.11. The van der Waals surface area contributed by atoms with Crippen LogP contribution < -0.4 is 0 Å². The quantitative estimate of drug-likeness (QED) is 0.147. The van der Waals surface area contributed by atoms with E-state index in [1.807, 2.05) is 133 Å². The van der Waals surface area contributed by atoms with Gasteiger partial charge in [0.05, 0.1) is 104 Å². The zero-order valence-electron chi connectivity index (χ0n) is 68.5. The Balaban J connectivity index is 0.0000000926. The van der Waals surface area contributed by atoms with E-state index in [1.54, 1.807) is 130 Å². The van der Waals surface area contributed by atoms with E-state index >= 15 is 0 Å². The van der Waals surface area contributed by atoms with Gasteiger partial charge in [0.1, 0.15) is 146 Å². The summed E-state index contributed by atoms with van der Waals surface area (Å²) in [7, 11) is 15.6. The fourth-order valence-corrected chi connectivity index (χ4v) is 15.0. The van der Waals surface area contributed by atoms with Crippen molar-refractivity contribution in [2.75, 3.05) is 0 Å². The summed E-state index contributed by atoms with van der Waals surface area (Å²) >= 11 is 0. The number of nitrogens with one attached hydrogen (secondary N) is 1. The predicted octanol–water partition coefficient (Wildman–Crippen LogP) is 11.5. The molecule has 0 bridgehead atoms. The topological polar surface area (TPSA) is 455 Å². The Morgan fingerprint density at radius 2 is 0.516 bits per heavy atom. The van der Waals surface area contributed by atoms with E-state index in [2.05, 4.69) is 200 Å². The van der Waals surface area contributed by atoms with Gasteiger partial charge in [0.15, 0.2) is 28.2 Å². The van der Waals surface area contributed by atoms with Gasteiger partial charge in [-0.15, -0.1) is 0 Å². The molecule has 40 heteroatoms. The van der Waals surface area contributed by atoms with E-state index in [9.17, 15) is 0 Å². The molecule has 0 aliphatic heterocycles. The normalized spacial score (nSPS) is 11.2. The highest BCUT2D eigenvalue weighted by atomic mass is 15.1. The first-order valence-electron chi connectivity index (χ1n) is 38.8. The van der Waals surface area contributed by atoms with Crippen LogP contribution in [0.5, 0.6) is 0 Å². The van der Waals surface area contributed by atoms with Gasteiger partial charge < -0.3 is 41.5 Å². The van der Waals surface area contributed by atoms with Gasteiger partial charge in [0.2, 0.25) is 0 Å². The van der Waals surface area contributed by atoms with E-state index in [-0.39, 0.29) is 0 Å².